The van der Waals surface area contributed by atoms with Gasteiger partial charge in [0.05, 0.1) is 18.7 Å². The van der Waals surface area contributed by atoms with Gasteiger partial charge in [0.15, 0.2) is 5.82 Å². The van der Waals surface area contributed by atoms with Crippen LogP contribution in [0.5, 0.6) is 0 Å². The molecule has 1 fully saturated rings. The Kier molecular flexibility index (Phi) is 5.50. The van der Waals surface area contributed by atoms with Crippen molar-refractivity contribution in [1.82, 2.24) is 30.5 Å². The zero-order valence-electron chi connectivity index (χ0n) is 15.9. The number of nitrogens with zero attached hydrogens (tertiary/aromatic N) is 4. The van der Waals surface area contributed by atoms with Gasteiger partial charge >= 0.3 is 0 Å². The van der Waals surface area contributed by atoms with Crippen LogP contribution in [0.25, 0.3) is 10.9 Å². The van der Waals surface area contributed by atoms with Crippen LogP contribution in [0.1, 0.15) is 43.5 Å². The number of nitrogens with one attached hydrogen (secondary N) is 2. The first-order chi connectivity index (χ1) is 13.3. The third kappa shape index (κ3) is 3.75. The Bertz CT molecular complexity index is 864. The van der Waals surface area contributed by atoms with E-state index in [0.717, 1.165) is 31.6 Å². The third-order valence-electron chi connectivity index (χ3n) is 5.71. The molecule has 144 valence electrons. The summed E-state index contributed by atoms with van der Waals surface area (Å²) in [5.41, 5.74) is 2.41. The number of benzene rings is 1. The van der Waals surface area contributed by atoms with E-state index in [1.165, 1.54) is 35.7 Å². The second-order valence-electron chi connectivity index (χ2n) is 7.40. The Morgan fingerprint density at radius 2 is 2.07 bits per heavy atom. The molecule has 0 saturated heterocycles. The average Bonchev–Trinajstić information content (AvgIpc) is 3.35. The molecule has 0 spiro atoms. The first-order valence-electron chi connectivity index (χ1n) is 9.88. The molecule has 7 nitrogen and oxygen atoms in total. The lowest BCUT2D eigenvalue weighted by Gasteiger charge is -2.37. The molecule has 4 rings (SSSR count). The number of hydrogen-bond donors (Lipinski definition) is 2. The monoisotopic (exact) mass is 368 g/mol. The van der Waals surface area contributed by atoms with Crippen molar-refractivity contribution in [3.63, 3.8) is 0 Å². The maximum Gasteiger partial charge on any atom is 0.171 e. The van der Waals surface area contributed by atoms with E-state index >= 15 is 0 Å². The zero-order valence-corrected chi connectivity index (χ0v) is 15.9. The maximum atomic E-state index is 5.22. The van der Waals surface area contributed by atoms with Gasteiger partial charge in [0.1, 0.15) is 0 Å². The van der Waals surface area contributed by atoms with Gasteiger partial charge < -0.3 is 15.0 Å². The third-order valence-corrected chi connectivity index (χ3v) is 5.71. The van der Waals surface area contributed by atoms with Crippen molar-refractivity contribution in [2.75, 3.05) is 20.3 Å². The molecule has 7 heteroatoms. The molecule has 0 amide bonds. The molecule has 0 aliphatic heterocycles. The lowest BCUT2D eigenvalue weighted by molar-refractivity contribution is 0.169. The average molecular weight is 368 g/mol. The van der Waals surface area contributed by atoms with Gasteiger partial charge in [-0.3, -0.25) is 0 Å². The molecule has 1 aromatic carbocycles. The normalized spacial score (nSPS) is 16.8. The highest BCUT2D eigenvalue weighted by Gasteiger charge is 2.38. The Morgan fingerprint density at radius 1 is 1.22 bits per heavy atom. The molecule has 27 heavy (non-hydrogen) atoms. The summed E-state index contributed by atoms with van der Waals surface area (Å²) in [6.45, 7) is 2.20. The van der Waals surface area contributed by atoms with Gasteiger partial charge in [0, 0.05) is 30.8 Å². The summed E-state index contributed by atoms with van der Waals surface area (Å²) < 4.78 is 7.13. The SMILES string of the molecule is COCCn1nnnc1C1(NCCc2c[nH]c3ccccc23)CCCCC1. The van der Waals surface area contributed by atoms with Crippen molar-refractivity contribution in [1.29, 1.82) is 0 Å². The molecule has 0 unspecified atom stereocenters. The largest absolute Gasteiger partial charge is 0.383 e. The number of aromatic nitrogens is 5. The fraction of sp³-hybridized carbons (Fsp3) is 0.550. The minimum atomic E-state index is -0.137. The molecule has 3 aromatic rings. The number of ether oxygens (including phenoxy) is 1. The number of hydrogen-bond acceptors (Lipinski definition) is 5. The summed E-state index contributed by atoms with van der Waals surface area (Å²) in [6.07, 6.45) is 8.95. The van der Waals surface area contributed by atoms with Crippen LogP contribution in [0.2, 0.25) is 0 Å². The molecule has 2 heterocycles. The Balaban J connectivity index is 1.50. The van der Waals surface area contributed by atoms with E-state index in [0.29, 0.717) is 13.2 Å². The summed E-state index contributed by atoms with van der Waals surface area (Å²) in [6, 6.07) is 8.47. The lowest BCUT2D eigenvalue weighted by Crippen LogP contribution is -2.47. The number of fused-ring (bicyclic) bond motifs is 1. The Morgan fingerprint density at radius 3 is 2.93 bits per heavy atom. The van der Waals surface area contributed by atoms with Crippen LogP contribution in [-0.2, 0) is 23.2 Å². The van der Waals surface area contributed by atoms with Crippen LogP contribution in [0.15, 0.2) is 30.5 Å². The fourth-order valence-electron chi connectivity index (χ4n) is 4.29. The number of para-hydroxylation sites is 1. The van der Waals surface area contributed by atoms with Gasteiger partial charge in [-0.25, -0.2) is 4.68 Å². The van der Waals surface area contributed by atoms with Gasteiger partial charge in [0.2, 0.25) is 0 Å². The summed E-state index contributed by atoms with van der Waals surface area (Å²) in [5.74, 6) is 0.957. The molecule has 1 saturated carbocycles. The zero-order chi connectivity index (χ0) is 18.5. The quantitative estimate of drug-likeness (QED) is 0.639. The maximum absolute atomic E-state index is 5.22. The van der Waals surface area contributed by atoms with E-state index < -0.39 is 0 Å². The number of tetrazole rings is 1. The standard InChI is InChI=1S/C20H28N6O/c1-27-14-13-26-19(23-24-25-26)20(10-5-2-6-11-20)22-12-9-16-15-21-18-8-4-3-7-17(16)18/h3-4,7-8,15,21-22H,2,5-6,9-14H2,1H3. The Labute approximate surface area is 159 Å². The lowest BCUT2D eigenvalue weighted by atomic mass is 9.80. The highest BCUT2D eigenvalue weighted by Crippen LogP contribution is 2.36. The summed E-state index contributed by atoms with van der Waals surface area (Å²) in [7, 11) is 1.71. The predicted octanol–water partition coefficient (Wildman–Crippen LogP) is 2.79. The highest BCUT2D eigenvalue weighted by molar-refractivity contribution is 5.83. The van der Waals surface area contributed by atoms with E-state index in [-0.39, 0.29) is 5.54 Å². The van der Waals surface area contributed by atoms with Crippen LogP contribution in [0.3, 0.4) is 0 Å². The molecule has 0 atom stereocenters. The van der Waals surface area contributed by atoms with Crippen molar-refractivity contribution in [2.24, 2.45) is 0 Å². The Hall–Kier alpha value is -2.25. The fourth-order valence-corrected chi connectivity index (χ4v) is 4.29. The van der Waals surface area contributed by atoms with Gasteiger partial charge in [-0.1, -0.05) is 37.5 Å². The molecule has 1 aliphatic rings. The topological polar surface area (TPSA) is 80.7 Å². The number of methoxy groups -OCH3 is 1. The molecule has 0 bridgehead atoms. The van der Waals surface area contributed by atoms with Crippen molar-refractivity contribution in [3.8, 4) is 0 Å². The first kappa shape index (κ1) is 18.1. The molecule has 1 aliphatic carbocycles. The minimum absolute atomic E-state index is 0.137. The molecule has 2 N–H and O–H groups in total. The second-order valence-corrected chi connectivity index (χ2v) is 7.40. The van der Waals surface area contributed by atoms with Gasteiger partial charge in [-0.2, -0.15) is 0 Å². The van der Waals surface area contributed by atoms with Crippen molar-refractivity contribution in [3.05, 3.63) is 41.9 Å². The number of aromatic amines is 1. The summed E-state index contributed by atoms with van der Waals surface area (Å²) in [5, 5.41) is 17.7. The highest BCUT2D eigenvalue weighted by atomic mass is 16.5. The van der Waals surface area contributed by atoms with E-state index in [4.69, 9.17) is 4.74 Å². The van der Waals surface area contributed by atoms with E-state index in [1.54, 1.807) is 7.11 Å². The van der Waals surface area contributed by atoms with Crippen LogP contribution >= 0.6 is 0 Å². The van der Waals surface area contributed by atoms with Crippen LogP contribution in [0, 0.1) is 0 Å². The van der Waals surface area contributed by atoms with Crippen molar-refractivity contribution in [2.45, 2.75) is 50.6 Å². The first-order valence-corrected chi connectivity index (χ1v) is 9.88. The smallest absolute Gasteiger partial charge is 0.171 e. The predicted molar refractivity (Wildman–Crippen MR) is 104 cm³/mol. The van der Waals surface area contributed by atoms with Crippen LogP contribution < -0.4 is 5.32 Å². The van der Waals surface area contributed by atoms with E-state index in [2.05, 4.69) is 56.3 Å². The molecular weight excluding hydrogens is 340 g/mol. The number of H-pyrrole nitrogens is 1. The molecule has 2 aromatic heterocycles. The molecular formula is C20H28N6O. The van der Waals surface area contributed by atoms with Gasteiger partial charge in [0.25, 0.3) is 0 Å². The van der Waals surface area contributed by atoms with E-state index in [9.17, 15) is 0 Å². The van der Waals surface area contributed by atoms with E-state index in [1.807, 2.05) is 4.68 Å². The summed E-state index contributed by atoms with van der Waals surface area (Å²) in [4.78, 5) is 3.37. The van der Waals surface area contributed by atoms with Crippen molar-refractivity contribution < 1.29 is 4.74 Å². The van der Waals surface area contributed by atoms with Crippen LogP contribution in [-0.4, -0.2) is 45.5 Å². The second kappa shape index (κ2) is 8.19. The minimum Gasteiger partial charge on any atom is -0.383 e. The number of rotatable bonds is 8. The van der Waals surface area contributed by atoms with Crippen LogP contribution in [0.4, 0.5) is 0 Å². The van der Waals surface area contributed by atoms with Gasteiger partial charge in [-0.05, 0) is 41.3 Å². The molecule has 0 radical (unpaired) electrons. The summed E-state index contributed by atoms with van der Waals surface area (Å²) >= 11 is 0. The van der Waals surface area contributed by atoms with Gasteiger partial charge in [-0.15, -0.1) is 5.10 Å². The van der Waals surface area contributed by atoms with Crippen molar-refractivity contribution >= 4 is 10.9 Å².